The van der Waals surface area contributed by atoms with E-state index < -0.39 is 0 Å². The van der Waals surface area contributed by atoms with Crippen molar-refractivity contribution in [3.05, 3.63) is 5.89 Å². The van der Waals surface area contributed by atoms with Crippen LogP contribution in [0.4, 0.5) is 6.01 Å². The van der Waals surface area contributed by atoms with Crippen molar-refractivity contribution in [3.63, 3.8) is 0 Å². The van der Waals surface area contributed by atoms with E-state index >= 15 is 0 Å². The van der Waals surface area contributed by atoms with Crippen LogP contribution in [0.15, 0.2) is 4.42 Å². The zero-order chi connectivity index (χ0) is 11.1. The van der Waals surface area contributed by atoms with E-state index in [-0.39, 0.29) is 0 Å². The van der Waals surface area contributed by atoms with Crippen molar-refractivity contribution < 1.29 is 9.15 Å². The molecule has 86 valence electrons. The lowest BCUT2D eigenvalue weighted by atomic mass is 10.5. The fraction of sp³-hybridized carbons (Fsp3) is 0.778. The Morgan fingerprint density at radius 1 is 1.47 bits per heavy atom. The minimum absolute atomic E-state index is 0.555. The fourth-order valence-corrected chi connectivity index (χ4v) is 1.19. The van der Waals surface area contributed by atoms with Gasteiger partial charge >= 0.3 is 6.01 Å². The predicted molar refractivity (Wildman–Crippen MR) is 56.8 cm³/mol. The zero-order valence-corrected chi connectivity index (χ0v) is 9.49. The topological polar surface area (TPSA) is 63.4 Å². The van der Waals surface area contributed by atoms with Gasteiger partial charge in [0, 0.05) is 20.2 Å². The molecule has 0 bridgehead atoms. The molecule has 0 amide bonds. The first kappa shape index (κ1) is 11.9. The van der Waals surface area contributed by atoms with Gasteiger partial charge in [-0.1, -0.05) is 5.10 Å². The summed E-state index contributed by atoms with van der Waals surface area (Å²) in [7, 11) is 3.51. The van der Waals surface area contributed by atoms with E-state index in [1.54, 1.807) is 7.11 Å². The summed E-state index contributed by atoms with van der Waals surface area (Å²) in [5.41, 5.74) is 0. The third-order valence-corrected chi connectivity index (χ3v) is 2.00. The molecule has 15 heavy (non-hydrogen) atoms. The molecule has 0 fully saturated rings. The van der Waals surface area contributed by atoms with Gasteiger partial charge in [-0.15, -0.1) is 5.10 Å². The molecule has 1 N–H and O–H groups in total. The van der Waals surface area contributed by atoms with Crippen LogP contribution in [0.5, 0.6) is 0 Å². The second-order valence-electron chi connectivity index (χ2n) is 3.08. The summed E-state index contributed by atoms with van der Waals surface area (Å²) in [6, 6.07) is 0.555. The first-order valence-electron chi connectivity index (χ1n) is 5.02. The van der Waals surface area contributed by atoms with Crippen LogP contribution in [0.25, 0.3) is 0 Å². The minimum atomic E-state index is 0.555. The van der Waals surface area contributed by atoms with Crippen LogP contribution in [-0.2, 0) is 11.3 Å². The lowest BCUT2D eigenvalue weighted by Crippen LogP contribution is -2.27. The molecule has 6 nitrogen and oxygen atoms in total. The predicted octanol–water partition coefficient (Wildman–Crippen LogP) is 0.262. The summed E-state index contributed by atoms with van der Waals surface area (Å²) in [6.45, 7) is 4.86. The molecule has 1 heterocycles. The van der Waals surface area contributed by atoms with Crippen molar-refractivity contribution >= 4 is 6.01 Å². The van der Waals surface area contributed by atoms with E-state index in [1.807, 2.05) is 18.9 Å². The number of ether oxygens (including phenoxy) is 1. The van der Waals surface area contributed by atoms with Crippen LogP contribution < -0.4 is 10.2 Å². The molecule has 0 saturated carbocycles. The molecule has 1 rings (SSSR count). The van der Waals surface area contributed by atoms with E-state index in [9.17, 15) is 0 Å². The molecule has 1 aromatic heterocycles. The maximum Gasteiger partial charge on any atom is 0.318 e. The number of methoxy groups -OCH3 is 1. The highest BCUT2D eigenvalue weighted by Crippen LogP contribution is 2.11. The van der Waals surface area contributed by atoms with Gasteiger partial charge in [-0.2, -0.15) is 0 Å². The van der Waals surface area contributed by atoms with Crippen molar-refractivity contribution in [1.82, 2.24) is 15.5 Å². The van der Waals surface area contributed by atoms with Gasteiger partial charge in [0.25, 0.3) is 0 Å². The molecule has 0 radical (unpaired) electrons. The lowest BCUT2D eigenvalue weighted by molar-refractivity contribution is 0.204. The third kappa shape index (κ3) is 3.49. The van der Waals surface area contributed by atoms with Crippen molar-refractivity contribution in [3.8, 4) is 0 Å². The summed E-state index contributed by atoms with van der Waals surface area (Å²) in [5.74, 6) is 0.600. The SMILES string of the molecule is CCN(CCOC)c1nnc(CNC)o1. The molecule has 0 saturated heterocycles. The van der Waals surface area contributed by atoms with E-state index in [2.05, 4.69) is 15.5 Å². The number of rotatable bonds is 7. The van der Waals surface area contributed by atoms with Gasteiger partial charge in [0.1, 0.15) is 0 Å². The number of hydrogen-bond acceptors (Lipinski definition) is 6. The highest BCUT2D eigenvalue weighted by Gasteiger charge is 2.11. The number of nitrogens with zero attached hydrogens (tertiary/aromatic N) is 3. The van der Waals surface area contributed by atoms with Crippen LogP contribution >= 0.6 is 0 Å². The highest BCUT2D eigenvalue weighted by atomic mass is 16.5. The maximum absolute atomic E-state index is 5.46. The second kappa shape index (κ2) is 6.36. The average Bonchev–Trinajstić information content (AvgIpc) is 2.68. The van der Waals surface area contributed by atoms with E-state index in [0.29, 0.717) is 25.1 Å². The number of likely N-dealkylation sites (N-methyl/N-ethyl adjacent to an activating group) is 1. The molecule has 0 aliphatic carbocycles. The Balaban J connectivity index is 2.57. The average molecular weight is 214 g/mol. The Bertz CT molecular complexity index is 277. The molecule has 1 aromatic rings. The highest BCUT2D eigenvalue weighted by molar-refractivity contribution is 5.23. The zero-order valence-electron chi connectivity index (χ0n) is 9.49. The van der Waals surface area contributed by atoms with Gasteiger partial charge in [-0.25, -0.2) is 0 Å². The van der Waals surface area contributed by atoms with Gasteiger partial charge < -0.3 is 19.4 Å². The van der Waals surface area contributed by atoms with Gasteiger partial charge in [0.15, 0.2) is 0 Å². The molecular weight excluding hydrogens is 196 g/mol. The normalized spacial score (nSPS) is 10.6. The number of hydrogen-bond donors (Lipinski definition) is 1. The van der Waals surface area contributed by atoms with Crippen LogP contribution in [0.1, 0.15) is 12.8 Å². The van der Waals surface area contributed by atoms with E-state index in [0.717, 1.165) is 13.1 Å². The van der Waals surface area contributed by atoms with Crippen LogP contribution in [-0.4, -0.2) is 44.1 Å². The smallest absolute Gasteiger partial charge is 0.318 e. The lowest BCUT2D eigenvalue weighted by Gasteiger charge is -2.16. The summed E-state index contributed by atoms with van der Waals surface area (Å²) in [4.78, 5) is 1.98. The molecule has 0 atom stereocenters. The maximum atomic E-state index is 5.46. The van der Waals surface area contributed by atoms with E-state index in [1.165, 1.54) is 0 Å². The Morgan fingerprint density at radius 3 is 2.87 bits per heavy atom. The monoisotopic (exact) mass is 214 g/mol. The number of nitrogens with one attached hydrogen (secondary N) is 1. The summed E-state index contributed by atoms with van der Waals surface area (Å²) in [6.07, 6.45) is 0. The minimum Gasteiger partial charge on any atom is -0.407 e. The van der Waals surface area contributed by atoms with Crippen LogP contribution in [0.2, 0.25) is 0 Å². The van der Waals surface area contributed by atoms with Crippen molar-refractivity contribution in [2.45, 2.75) is 13.5 Å². The van der Waals surface area contributed by atoms with E-state index in [4.69, 9.17) is 9.15 Å². The van der Waals surface area contributed by atoms with Gasteiger partial charge in [0.2, 0.25) is 5.89 Å². The van der Waals surface area contributed by atoms with Gasteiger partial charge in [-0.05, 0) is 14.0 Å². The number of aromatic nitrogens is 2. The molecule has 0 aliphatic heterocycles. The van der Waals surface area contributed by atoms with Crippen molar-refractivity contribution in [2.75, 3.05) is 38.8 Å². The molecule has 0 spiro atoms. The molecule has 0 aromatic carbocycles. The van der Waals surface area contributed by atoms with Gasteiger partial charge in [-0.3, -0.25) is 0 Å². The van der Waals surface area contributed by atoms with Crippen LogP contribution in [0, 0.1) is 0 Å². The third-order valence-electron chi connectivity index (χ3n) is 2.00. The Labute approximate surface area is 89.6 Å². The van der Waals surface area contributed by atoms with Crippen molar-refractivity contribution in [1.29, 1.82) is 0 Å². The standard InChI is InChI=1S/C9H18N4O2/c1-4-13(5-6-14-3)9-12-11-8(15-9)7-10-2/h10H,4-7H2,1-3H3. The first-order valence-corrected chi connectivity index (χ1v) is 5.02. The Morgan fingerprint density at radius 2 is 2.27 bits per heavy atom. The van der Waals surface area contributed by atoms with Gasteiger partial charge in [0.05, 0.1) is 13.2 Å². The Hall–Kier alpha value is -1.14. The summed E-state index contributed by atoms with van der Waals surface area (Å²) >= 11 is 0. The molecule has 0 unspecified atom stereocenters. The molecule has 6 heteroatoms. The largest absolute Gasteiger partial charge is 0.407 e. The Kier molecular flexibility index (Phi) is 5.06. The van der Waals surface area contributed by atoms with Crippen LogP contribution in [0.3, 0.4) is 0 Å². The first-order chi connectivity index (χ1) is 7.31. The number of anilines is 1. The quantitative estimate of drug-likeness (QED) is 0.702. The second-order valence-corrected chi connectivity index (χ2v) is 3.08. The van der Waals surface area contributed by atoms with Crippen molar-refractivity contribution in [2.24, 2.45) is 0 Å². The fourth-order valence-electron chi connectivity index (χ4n) is 1.19. The summed E-state index contributed by atoms with van der Waals surface area (Å²) in [5, 5.41) is 10.9. The molecular formula is C9H18N4O2. The molecule has 0 aliphatic rings. The summed E-state index contributed by atoms with van der Waals surface area (Å²) < 4.78 is 10.5.